The van der Waals surface area contributed by atoms with Crippen molar-refractivity contribution in [2.75, 3.05) is 13.2 Å². The van der Waals surface area contributed by atoms with Crippen LogP contribution in [0.2, 0.25) is 0 Å². The van der Waals surface area contributed by atoms with E-state index in [0.29, 0.717) is 11.5 Å². The lowest BCUT2D eigenvalue weighted by atomic mass is 9.91. The molecular formula is C10H21NO. The minimum atomic E-state index is 0.253. The van der Waals surface area contributed by atoms with Crippen molar-refractivity contribution in [3.63, 3.8) is 0 Å². The molecule has 1 fully saturated rings. The molecule has 0 spiro atoms. The number of hydrogen-bond donors (Lipinski definition) is 1. The van der Waals surface area contributed by atoms with Gasteiger partial charge in [0, 0.05) is 18.6 Å². The summed E-state index contributed by atoms with van der Waals surface area (Å²) in [7, 11) is 0. The highest BCUT2D eigenvalue weighted by Crippen LogP contribution is 2.65. The van der Waals surface area contributed by atoms with Gasteiger partial charge in [-0.25, -0.2) is 0 Å². The third kappa shape index (κ3) is 1.27. The van der Waals surface area contributed by atoms with Gasteiger partial charge in [0.15, 0.2) is 0 Å². The van der Waals surface area contributed by atoms with E-state index in [0.717, 1.165) is 13.2 Å². The molecule has 0 saturated heterocycles. The first-order valence-corrected chi connectivity index (χ1v) is 4.82. The first-order chi connectivity index (χ1) is 5.50. The van der Waals surface area contributed by atoms with Crippen molar-refractivity contribution in [3.8, 4) is 0 Å². The van der Waals surface area contributed by atoms with Gasteiger partial charge >= 0.3 is 0 Å². The van der Waals surface area contributed by atoms with Crippen molar-refractivity contribution in [2.45, 2.75) is 40.2 Å². The summed E-state index contributed by atoms with van der Waals surface area (Å²) in [5, 5.41) is 0. The fourth-order valence-corrected chi connectivity index (χ4v) is 2.36. The molecule has 0 aromatic rings. The van der Waals surface area contributed by atoms with E-state index in [1.54, 1.807) is 0 Å². The molecule has 72 valence electrons. The number of rotatable bonds is 4. The minimum absolute atomic E-state index is 0.253. The molecular weight excluding hydrogens is 150 g/mol. The molecule has 0 heterocycles. The Labute approximate surface area is 75.5 Å². The van der Waals surface area contributed by atoms with Crippen LogP contribution >= 0.6 is 0 Å². The van der Waals surface area contributed by atoms with E-state index in [1.807, 2.05) is 6.92 Å². The van der Waals surface area contributed by atoms with Gasteiger partial charge in [0.05, 0.1) is 6.10 Å². The van der Waals surface area contributed by atoms with Gasteiger partial charge in [0.1, 0.15) is 0 Å². The topological polar surface area (TPSA) is 35.2 Å². The van der Waals surface area contributed by atoms with Crippen LogP contribution in [0.25, 0.3) is 0 Å². The normalized spacial score (nSPS) is 34.8. The van der Waals surface area contributed by atoms with Gasteiger partial charge in [-0.05, 0) is 25.7 Å². The smallest absolute Gasteiger partial charge is 0.0620 e. The van der Waals surface area contributed by atoms with Crippen molar-refractivity contribution in [3.05, 3.63) is 0 Å². The lowest BCUT2D eigenvalue weighted by Crippen LogP contribution is -2.33. The molecule has 2 N–H and O–H groups in total. The van der Waals surface area contributed by atoms with E-state index in [2.05, 4.69) is 20.8 Å². The SMILES string of the molecule is CCOC(C)C1(CN)CC1(C)C. The van der Waals surface area contributed by atoms with Crippen LogP contribution in [0, 0.1) is 10.8 Å². The fourth-order valence-electron chi connectivity index (χ4n) is 2.36. The second-order valence-corrected chi connectivity index (χ2v) is 4.52. The Bertz CT molecular complexity index is 167. The molecule has 1 aliphatic carbocycles. The summed E-state index contributed by atoms with van der Waals surface area (Å²) in [6, 6.07) is 0. The summed E-state index contributed by atoms with van der Waals surface area (Å²) in [5.74, 6) is 0. The molecule has 0 bridgehead atoms. The van der Waals surface area contributed by atoms with Gasteiger partial charge in [0.25, 0.3) is 0 Å². The predicted molar refractivity (Wildman–Crippen MR) is 51.0 cm³/mol. The average molecular weight is 171 g/mol. The molecule has 0 aliphatic heterocycles. The third-order valence-electron chi connectivity index (χ3n) is 3.54. The standard InChI is InChI=1S/C10H21NO/c1-5-12-8(2)10(7-11)6-9(10,3)4/h8H,5-7,11H2,1-4H3. The quantitative estimate of drug-likeness (QED) is 0.700. The second kappa shape index (κ2) is 3.00. The lowest BCUT2D eigenvalue weighted by molar-refractivity contribution is 0.0117. The fraction of sp³-hybridized carbons (Fsp3) is 1.00. The molecule has 2 unspecified atom stereocenters. The van der Waals surface area contributed by atoms with Gasteiger partial charge in [0.2, 0.25) is 0 Å². The largest absolute Gasteiger partial charge is 0.378 e. The molecule has 0 amide bonds. The van der Waals surface area contributed by atoms with Crippen LogP contribution in [0.15, 0.2) is 0 Å². The Hall–Kier alpha value is -0.0800. The van der Waals surface area contributed by atoms with E-state index in [-0.39, 0.29) is 5.41 Å². The summed E-state index contributed by atoms with van der Waals surface area (Å²) in [6.45, 7) is 10.3. The Balaban J connectivity index is 2.59. The first-order valence-electron chi connectivity index (χ1n) is 4.82. The first kappa shape index (κ1) is 10.0. The maximum absolute atomic E-state index is 5.80. The Morgan fingerprint density at radius 1 is 1.50 bits per heavy atom. The molecule has 2 heteroatoms. The molecule has 12 heavy (non-hydrogen) atoms. The second-order valence-electron chi connectivity index (χ2n) is 4.52. The highest BCUT2D eigenvalue weighted by molar-refractivity contribution is 5.13. The van der Waals surface area contributed by atoms with Crippen LogP contribution in [0.1, 0.15) is 34.1 Å². The van der Waals surface area contributed by atoms with E-state index in [9.17, 15) is 0 Å². The highest BCUT2D eigenvalue weighted by Gasteiger charge is 2.63. The third-order valence-corrected chi connectivity index (χ3v) is 3.54. The number of ether oxygens (including phenoxy) is 1. The van der Waals surface area contributed by atoms with Crippen molar-refractivity contribution >= 4 is 0 Å². The maximum Gasteiger partial charge on any atom is 0.0620 e. The molecule has 2 nitrogen and oxygen atoms in total. The average Bonchev–Trinajstić information content (AvgIpc) is 2.55. The minimum Gasteiger partial charge on any atom is -0.378 e. The van der Waals surface area contributed by atoms with Crippen molar-refractivity contribution in [2.24, 2.45) is 16.6 Å². The summed E-state index contributed by atoms with van der Waals surface area (Å²) in [4.78, 5) is 0. The van der Waals surface area contributed by atoms with Crippen LogP contribution in [0.3, 0.4) is 0 Å². The molecule has 2 atom stereocenters. The Kier molecular flexibility index (Phi) is 2.50. The molecule has 0 aromatic heterocycles. The molecule has 1 rings (SSSR count). The van der Waals surface area contributed by atoms with Crippen LogP contribution in [0.4, 0.5) is 0 Å². The van der Waals surface area contributed by atoms with Gasteiger partial charge in [-0.15, -0.1) is 0 Å². The van der Waals surface area contributed by atoms with Crippen molar-refractivity contribution < 1.29 is 4.74 Å². The van der Waals surface area contributed by atoms with E-state index < -0.39 is 0 Å². The zero-order valence-electron chi connectivity index (χ0n) is 8.68. The van der Waals surface area contributed by atoms with Crippen LogP contribution in [-0.2, 0) is 4.74 Å². The van der Waals surface area contributed by atoms with Crippen LogP contribution in [-0.4, -0.2) is 19.3 Å². The van der Waals surface area contributed by atoms with Crippen LogP contribution < -0.4 is 5.73 Å². The molecule has 1 saturated carbocycles. The maximum atomic E-state index is 5.80. The molecule has 0 radical (unpaired) electrons. The predicted octanol–water partition coefficient (Wildman–Crippen LogP) is 1.79. The van der Waals surface area contributed by atoms with E-state index in [4.69, 9.17) is 10.5 Å². The summed E-state index contributed by atoms with van der Waals surface area (Å²) >= 11 is 0. The lowest BCUT2D eigenvalue weighted by Gasteiger charge is -2.25. The van der Waals surface area contributed by atoms with Gasteiger partial charge in [-0.2, -0.15) is 0 Å². The van der Waals surface area contributed by atoms with Crippen molar-refractivity contribution in [1.82, 2.24) is 0 Å². The highest BCUT2D eigenvalue weighted by atomic mass is 16.5. The molecule has 0 aromatic carbocycles. The van der Waals surface area contributed by atoms with E-state index in [1.165, 1.54) is 6.42 Å². The Morgan fingerprint density at radius 3 is 2.25 bits per heavy atom. The van der Waals surface area contributed by atoms with Gasteiger partial charge < -0.3 is 10.5 Å². The Morgan fingerprint density at radius 2 is 2.00 bits per heavy atom. The zero-order valence-corrected chi connectivity index (χ0v) is 8.68. The van der Waals surface area contributed by atoms with Gasteiger partial charge in [-0.1, -0.05) is 13.8 Å². The number of nitrogens with two attached hydrogens (primary N) is 1. The van der Waals surface area contributed by atoms with E-state index >= 15 is 0 Å². The van der Waals surface area contributed by atoms with Gasteiger partial charge in [-0.3, -0.25) is 0 Å². The summed E-state index contributed by atoms with van der Waals surface area (Å²) < 4.78 is 5.62. The van der Waals surface area contributed by atoms with Crippen molar-refractivity contribution in [1.29, 1.82) is 0 Å². The summed E-state index contributed by atoms with van der Waals surface area (Å²) in [6.07, 6.45) is 1.51. The summed E-state index contributed by atoms with van der Waals surface area (Å²) in [5.41, 5.74) is 6.43. The van der Waals surface area contributed by atoms with Crippen LogP contribution in [0.5, 0.6) is 0 Å². The zero-order chi connectivity index (χ0) is 9.41. The molecule has 1 aliphatic rings. The number of hydrogen-bond acceptors (Lipinski definition) is 2. The monoisotopic (exact) mass is 171 g/mol.